The Morgan fingerprint density at radius 2 is 1.76 bits per heavy atom. The Kier molecular flexibility index (Phi) is 7.96. The molecule has 146 valence electrons. The molecule has 0 aliphatic carbocycles. The number of nitrogens with one attached hydrogen (secondary N) is 2. The molecule has 2 rings (SSSR count). The van der Waals surface area contributed by atoms with Crippen LogP contribution in [0.25, 0.3) is 0 Å². The van der Waals surface area contributed by atoms with Crippen LogP contribution in [0.3, 0.4) is 0 Å². The van der Waals surface area contributed by atoms with Crippen molar-refractivity contribution in [1.82, 2.24) is 19.8 Å². The van der Waals surface area contributed by atoms with Crippen LogP contribution in [0.4, 0.5) is 0 Å². The second-order valence-corrected chi connectivity index (χ2v) is 9.30. The van der Waals surface area contributed by atoms with E-state index in [1.54, 1.807) is 4.31 Å². The van der Waals surface area contributed by atoms with E-state index in [1.165, 1.54) is 19.2 Å². The second kappa shape index (κ2) is 9.73. The number of nitrogens with zero attached hydrogens (tertiary/aromatic N) is 3. The maximum absolute atomic E-state index is 11.6. The van der Waals surface area contributed by atoms with E-state index in [-0.39, 0.29) is 0 Å². The molecule has 0 bridgehead atoms. The molecule has 2 fully saturated rings. The number of likely N-dealkylation sites (tertiary alicyclic amines) is 1. The van der Waals surface area contributed by atoms with Crippen molar-refractivity contribution in [3.05, 3.63) is 0 Å². The summed E-state index contributed by atoms with van der Waals surface area (Å²) < 4.78 is 24.7. The molecule has 0 amide bonds. The van der Waals surface area contributed by atoms with Crippen molar-refractivity contribution in [3.8, 4) is 0 Å². The van der Waals surface area contributed by atoms with Crippen molar-refractivity contribution in [1.29, 1.82) is 0 Å². The van der Waals surface area contributed by atoms with Gasteiger partial charge in [0.15, 0.2) is 5.96 Å². The smallest absolute Gasteiger partial charge is 0.211 e. The molecular weight excluding hydrogens is 338 g/mol. The van der Waals surface area contributed by atoms with Crippen LogP contribution in [0.15, 0.2) is 4.99 Å². The fourth-order valence-corrected chi connectivity index (χ4v) is 4.57. The highest BCUT2D eigenvalue weighted by atomic mass is 32.2. The first-order valence-electron chi connectivity index (χ1n) is 9.57. The van der Waals surface area contributed by atoms with Crippen molar-refractivity contribution in [2.75, 3.05) is 52.6 Å². The van der Waals surface area contributed by atoms with E-state index in [0.717, 1.165) is 51.3 Å². The lowest BCUT2D eigenvalue weighted by Crippen LogP contribution is -2.50. The fourth-order valence-electron chi connectivity index (χ4n) is 3.69. The lowest BCUT2D eigenvalue weighted by atomic mass is 9.98. The molecule has 2 saturated heterocycles. The highest BCUT2D eigenvalue weighted by Gasteiger charge is 2.25. The average Bonchev–Trinajstić information content (AvgIpc) is 2.60. The highest BCUT2D eigenvalue weighted by molar-refractivity contribution is 7.88. The minimum atomic E-state index is -3.04. The normalized spacial score (nSPS) is 22.9. The molecule has 2 aliphatic heterocycles. The molecular formula is C17H35N5O2S. The number of sulfonamides is 1. The average molecular weight is 374 g/mol. The van der Waals surface area contributed by atoms with Crippen molar-refractivity contribution >= 4 is 16.0 Å². The van der Waals surface area contributed by atoms with Gasteiger partial charge in [-0.1, -0.05) is 6.92 Å². The largest absolute Gasteiger partial charge is 0.356 e. The molecule has 7 nitrogen and oxygen atoms in total. The molecule has 8 heteroatoms. The second-order valence-electron chi connectivity index (χ2n) is 7.32. The molecule has 2 heterocycles. The van der Waals surface area contributed by atoms with Gasteiger partial charge in [-0.2, -0.15) is 0 Å². The highest BCUT2D eigenvalue weighted by Crippen LogP contribution is 2.18. The third kappa shape index (κ3) is 6.75. The van der Waals surface area contributed by atoms with Gasteiger partial charge in [0.25, 0.3) is 0 Å². The molecule has 25 heavy (non-hydrogen) atoms. The number of guanidine groups is 1. The number of hydrogen-bond donors (Lipinski definition) is 2. The van der Waals surface area contributed by atoms with Gasteiger partial charge in [-0.15, -0.1) is 0 Å². The fraction of sp³-hybridized carbons (Fsp3) is 0.941. The predicted molar refractivity (Wildman–Crippen MR) is 103 cm³/mol. The summed E-state index contributed by atoms with van der Waals surface area (Å²) in [4.78, 5) is 6.88. The van der Waals surface area contributed by atoms with E-state index < -0.39 is 10.0 Å². The summed E-state index contributed by atoms with van der Waals surface area (Å²) in [7, 11) is -1.23. The monoisotopic (exact) mass is 373 g/mol. The van der Waals surface area contributed by atoms with Crippen LogP contribution in [-0.4, -0.2) is 82.2 Å². The summed E-state index contributed by atoms with van der Waals surface area (Å²) >= 11 is 0. The summed E-state index contributed by atoms with van der Waals surface area (Å²) in [5.41, 5.74) is 0. The summed E-state index contributed by atoms with van der Waals surface area (Å²) in [6, 6.07) is 0.492. The number of piperidine rings is 2. The standard InChI is InChI=1S/C17H35N5O2S/c1-4-9-21-10-7-16(8-11-21)20-17(18-2)19-14-15-5-12-22(13-6-15)25(3,23)24/h15-16H,4-14H2,1-3H3,(H2,18,19,20). The van der Waals surface area contributed by atoms with Crippen LogP contribution in [0.2, 0.25) is 0 Å². The Morgan fingerprint density at radius 1 is 1.12 bits per heavy atom. The zero-order chi connectivity index (χ0) is 18.3. The van der Waals surface area contributed by atoms with Gasteiger partial charge in [0.1, 0.15) is 0 Å². The van der Waals surface area contributed by atoms with E-state index in [2.05, 4.69) is 27.4 Å². The number of rotatable bonds is 6. The van der Waals surface area contributed by atoms with Gasteiger partial charge in [0.2, 0.25) is 10.0 Å². The van der Waals surface area contributed by atoms with Crippen LogP contribution >= 0.6 is 0 Å². The third-order valence-corrected chi connectivity index (χ3v) is 6.60. The van der Waals surface area contributed by atoms with E-state index in [9.17, 15) is 8.42 Å². The van der Waals surface area contributed by atoms with E-state index >= 15 is 0 Å². The Morgan fingerprint density at radius 3 is 2.28 bits per heavy atom. The Labute approximate surface area is 153 Å². The molecule has 0 unspecified atom stereocenters. The minimum Gasteiger partial charge on any atom is -0.356 e. The topological polar surface area (TPSA) is 77.0 Å². The van der Waals surface area contributed by atoms with Crippen molar-refractivity contribution in [2.24, 2.45) is 10.9 Å². The zero-order valence-electron chi connectivity index (χ0n) is 16.0. The molecule has 0 saturated carbocycles. The predicted octanol–water partition coefficient (Wildman–Crippen LogP) is 0.697. The van der Waals surface area contributed by atoms with Gasteiger partial charge in [-0.3, -0.25) is 4.99 Å². The maximum atomic E-state index is 11.6. The first-order chi connectivity index (χ1) is 11.9. The first-order valence-corrected chi connectivity index (χ1v) is 11.4. The van der Waals surface area contributed by atoms with Gasteiger partial charge in [0, 0.05) is 45.8 Å². The summed E-state index contributed by atoms with van der Waals surface area (Å²) in [5.74, 6) is 1.38. The minimum absolute atomic E-state index is 0.492. The quantitative estimate of drug-likeness (QED) is 0.529. The first kappa shape index (κ1) is 20.5. The van der Waals surface area contributed by atoms with Crippen LogP contribution < -0.4 is 10.6 Å². The lowest BCUT2D eigenvalue weighted by molar-refractivity contribution is 0.206. The van der Waals surface area contributed by atoms with Gasteiger partial charge in [-0.25, -0.2) is 12.7 Å². The van der Waals surface area contributed by atoms with Crippen LogP contribution in [-0.2, 0) is 10.0 Å². The summed E-state index contributed by atoms with van der Waals surface area (Å²) in [6.07, 6.45) is 6.66. The molecule has 0 aromatic rings. The SMILES string of the molecule is CCCN1CCC(NC(=NC)NCC2CCN(S(C)(=O)=O)CC2)CC1. The summed E-state index contributed by atoms with van der Waals surface area (Å²) in [5, 5.41) is 6.98. The molecule has 0 spiro atoms. The molecule has 0 atom stereocenters. The molecule has 0 radical (unpaired) electrons. The van der Waals surface area contributed by atoms with Crippen molar-refractivity contribution < 1.29 is 8.42 Å². The summed E-state index contributed by atoms with van der Waals surface area (Å²) in [6.45, 7) is 7.87. The van der Waals surface area contributed by atoms with Crippen LogP contribution in [0, 0.1) is 5.92 Å². The van der Waals surface area contributed by atoms with Gasteiger partial charge in [0.05, 0.1) is 6.26 Å². The van der Waals surface area contributed by atoms with E-state index in [1.807, 2.05) is 7.05 Å². The Hall–Kier alpha value is -0.860. The van der Waals surface area contributed by atoms with Crippen molar-refractivity contribution in [3.63, 3.8) is 0 Å². The van der Waals surface area contributed by atoms with Crippen molar-refractivity contribution in [2.45, 2.75) is 45.1 Å². The number of aliphatic imine (C=N–C) groups is 1. The van der Waals surface area contributed by atoms with Gasteiger partial charge >= 0.3 is 0 Å². The molecule has 0 aromatic heterocycles. The maximum Gasteiger partial charge on any atom is 0.211 e. The third-order valence-electron chi connectivity index (χ3n) is 5.29. The van der Waals surface area contributed by atoms with Crippen LogP contribution in [0.1, 0.15) is 39.0 Å². The zero-order valence-corrected chi connectivity index (χ0v) is 16.8. The molecule has 2 N–H and O–H groups in total. The van der Waals surface area contributed by atoms with E-state index in [0.29, 0.717) is 25.0 Å². The lowest BCUT2D eigenvalue weighted by Gasteiger charge is -2.33. The Bertz CT molecular complexity index is 521. The van der Waals surface area contributed by atoms with Gasteiger partial charge < -0.3 is 15.5 Å². The van der Waals surface area contributed by atoms with Crippen LogP contribution in [0.5, 0.6) is 0 Å². The van der Waals surface area contributed by atoms with Gasteiger partial charge in [-0.05, 0) is 44.6 Å². The molecule has 0 aromatic carbocycles. The number of hydrogen-bond acceptors (Lipinski definition) is 4. The molecule has 2 aliphatic rings. The Balaban J connectivity index is 1.68. The van der Waals surface area contributed by atoms with E-state index in [4.69, 9.17) is 0 Å².